The lowest BCUT2D eigenvalue weighted by atomic mass is 9.96. The lowest BCUT2D eigenvalue weighted by Gasteiger charge is -2.06. The molecule has 0 saturated heterocycles. The summed E-state index contributed by atoms with van der Waals surface area (Å²) in [6.07, 6.45) is 7.68. The Morgan fingerprint density at radius 3 is 1.83 bits per heavy atom. The number of hydrogen-bond donors (Lipinski definition) is 0. The van der Waals surface area contributed by atoms with Gasteiger partial charge in [0.2, 0.25) is 0 Å². The SMILES string of the molecule is C#Cc1ccccc1C#Cc1ccccc1C#C/C=C1/c2ccccc2-c2ccc3ccccc3c21. The number of allylic oxidation sites excluding steroid dienone is 1. The lowest BCUT2D eigenvalue weighted by molar-refractivity contribution is 1.57. The van der Waals surface area contributed by atoms with Gasteiger partial charge in [0.05, 0.1) is 0 Å². The zero-order valence-electron chi connectivity index (χ0n) is 19.5. The van der Waals surface area contributed by atoms with Gasteiger partial charge >= 0.3 is 0 Å². The normalized spacial score (nSPS) is 12.0. The molecule has 0 amide bonds. The molecule has 36 heavy (non-hydrogen) atoms. The highest BCUT2D eigenvalue weighted by molar-refractivity contribution is 6.11. The van der Waals surface area contributed by atoms with E-state index in [1.54, 1.807) is 0 Å². The Labute approximate surface area is 212 Å². The Morgan fingerprint density at radius 2 is 1.08 bits per heavy atom. The number of rotatable bonds is 0. The molecule has 0 aliphatic heterocycles. The molecule has 0 unspecified atom stereocenters. The molecule has 0 saturated carbocycles. The summed E-state index contributed by atoms with van der Waals surface area (Å²) in [7, 11) is 0. The van der Waals surface area contributed by atoms with Crippen molar-refractivity contribution in [1.82, 2.24) is 0 Å². The highest BCUT2D eigenvalue weighted by Crippen LogP contribution is 2.47. The Balaban J connectivity index is 1.44. The van der Waals surface area contributed by atoms with Crippen molar-refractivity contribution in [1.29, 1.82) is 0 Å². The van der Waals surface area contributed by atoms with E-state index >= 15 is 0 Å². The van der Waals surface area contributed by atoms with E-state index in [1.165, 1.54) is 33.0 Å². The van der Waals surface area contributed by atoms with Gasteiger partial charge in [-0.3, -0.25) is 0 Å². The van der Waals surface area contributed by atoms with Crippen LogP contribution in [0.2, 0.25) is 0 Å². The Hall–Kier alpha value is -5.22. The van der Waals surface area contributed by atoms with Gasteiger partial charge in [0.25, 0.3) is 0 Å². The summed E-state index contributed by atoms with van der Waals surface area (Å²) >= 11 is 0. The summed E-state index contributed by atoms with van der Waals surface area (Å²) in [5, 5.41) is 2.48. The molecule has 5 aromatic rings. The topological polar surface area (TPSA) is 0 Å². The summed E-state index contributed by atoms with van der Waals surface area (Å²) in [6, 6.07) is 37.2. The fourth-order valence-corrected chi connectivity index (χ4v) is 4.76. The highest BCUT2D eigenvalue weighted by Gasteiger charge is 2.24. The second-order valence-electron chi connectivity index (χ2n) is 8.57. The summed E-state index contributed by atoms with van der Waals surface area (Å²) in [5.74, 6) is 15.9. The summed E-state index contributed by atoms with van der Waals surface area (Å²) in [6.45, 7) is 0. The van der Waals surface area contributed by atoms with Crippen molar-refractivity contribution in [2.75, 3.05) is 0 Å². The quantitative estimate of drug-likeness (QED) is 0.207. The second kappa shape index (κ2) is 9.20. The fourth-order valence-electron chi connectivity index (χ4n) is 4.76. The van der Waals surface area contributed by atoms with Crippen molar-refractivity contribution in [3.8, 4) is 47.2 Å². The first-order valence-electron chi connectivity index (χ1n) is 11.8. The van der Waals surface area contributed by atoms with Gasteiger partial charge in [-0.15, -0.1) is 6.42 Å². The van der Waals surface area contributed by atoms with Gasteiger partial charge in [0.1, 0.15) is 0 Å². The van der Waals surface area contributed by atoms with Gasteiger partial charge in [0, 0.05) is 22.3 Å². The van der Waals surface area contributed by atoms with Crippen molar-refractivity contribution in [3.05, 3.63) is 149 Å². The molecule has 6 rings (SSSR count). The average molecular weight is 453 g/mol. The fraction of sp³-hybridized carbons (Fsp3) is 0. The standard InChI is InChI=1S/C36H20/c1-2-26-12-3-4-14-28(26)22-23-29-15-6-5-13-27(29)17-11-21-34-32-19-9-10-20-33(32)35-25-24-30-16-7-8-18-31(30)36(34)35/h1,3-10,12-16,18-21,24-25H/b34-21-. The van der Waals surface area contributed by atoms with Gasteiger partial charge in [-0.1, -0.05) is 115 Å². The van der Waals surface area contributed by atoms with Crippen LogP contribution in [0.15, 0.2) is 115 Å². The van der Waals surface area contributed by atoms with Crippen molar-refractivity contribution in [3.63, 3.8) is 0 Å². The van der Waals surface area contributed by atoms with Crippen LogP contribution >= 0.6 is 0 Å². The van der Waals surface area contributed by atoms with Gasteiger partial charge in [0.15, 0.2) is 0 Å². The van der Waals surface area contributed by atoms with Crippen LogP contribution in [0, 0.1) is 36.0 Å². The van der Waals surface area contributed by atoms with E-state index < -0.39 is 0 Å². The molecule has 0 atom stereocenters. The predicted molar refractivity (Wildman–Crippen MR) is 150 cm³/mol. The van der Waals surface area contributed by atoms with Crippen LogP contribution < -0.4 is 0 Å². The van der Waals surface area contributed by atoms with E-state index in [0.717, 1.165) is 27.8 Å². The predicted octanol–water partition coefficient (Wildman–Crippen LogP) is 7.68. The molecule has 0 aromatic heterocycles. The maximum Gasteiger partial charge on any atom is 0.0405 e. The van der Waals surface area contributed by atoms with E-state index in [-0.39, 0.29) is 0 Å². The molecule has 0 nitrogen and oxygen atoms in total. The van der Waals surface area contributed by atoms with Gasteiger partial charge in [-0.25, -0.2) is 0 Å². The van der Waals surface area contributed by atoms with Crippen molar-refractivity contribution in [2.24, 2.45) is 0 Å². The Morgan fingerprint density at radius 1 is 0.500 bits per heavy atom. The van der Waals surface area contributed by atoms with Crippen LogP contribution in [0.1, 0.15) is 33.4 Å². The van der Waals surface area contributed by atoms with E-state index in [2.05, 4.69) is 96.3 Å². The third-order valence-corrected chi connectivity index (χ3v) is 6.47. The van der Waals surface area contributed by atoms with Crippen LogP contribution in [-0.4, -0.2) is 0 Å². The number of fused-ring (bicyclic) bond motifs is 5. The minimum Gasteiger partial charge on any atom is -0.115 e. The van der Waals surface area contributed by atoms with Crippen molar-refractivity contribution in [2.45, 2.75) is 0 Å². The molecule has 0 radical (unpaired) electrons. The molecular formula is C36H20. The first-order chi connectivity index (χ1) is 17.8. The lowest BCUT2D eigenvalue weighted by Crippen LogP contribution is -1.86. The first kappa shape index (κ1) is 21.3. The van der Waals surface area contributed by atoms with Crippen LogP contribution in [0.25, 0.3) is 27.5 Å². The van der Waals surface area contributed by atoms with Crippen molar-refractivity contribution < 1.29 is 0 Å². The molecule has 0 N–H and O–H groups in total. The van der Waals surface area contributed by atoms with Crippen LogP contribution in [0.5, 0.6) is 0 Å². The van der Waals surface area contributed by atoms with Gasteiger partial charge in [-0.05, 0) is 68.9 Å². The molecule has 0 spiro atoms. The zero-order chi connectivity index (χ0) is 24.3. The molecule has 1 aliphatic carbocycles. The Kier molecular flexibility index (Phi) is 5.45. The maximum absolute atomic E-state index is 5.63. The molecule has 0 heterocycles. The van der Waals surface area contributed by atoms with E-state index in [4.69, 9.17) is 6.42 Å². The van der Waals surface area contributed by atoms with Gasteiger partial charge < -0.3 is 0 Å². The van der Waals surface area contributed by atoms with E-state index in [0.29, 0.717) is 0 Å². The molecule has 1 aliphatic rings. The summed E-state index contributed by atoms with van der Waals surface area (Å²) in [4.78, 5) is 0. The zero-order valence-corrected chi connectivity index (χ0v) is 19.5. The van der Waals surface area contributed by atoms with Crippen LogP contribution in [0.4, 0.5) is 0 Å². The molecule has 164 valence electrons. The minimum atomic E-state index is 0.795. The smallest absolute Gasteiger partial charge is 0.0405 e. The molecule has 0 fully saturated rings. The van der Waals surface area contributed by atoms with E-state index in [1.807, 2.05) is 48.5 Å². The largest absolute Gasteiger partial charge is 0.115 e. The average Bonchev–Trinajstić information content (AvgIpc) is 3.27. The molecule has 0 bridgehead atoms. The number of terminal acetylenes is 1. The summed E-state index contributed by atoms with van der Waals surface area (Å²) in [5.41, 5.74) is 9.56. The third kappa shape index (κ3) is 3.77. The van der Waals surface area contributed by atoms with Crippen LogP contribution in [0.3, 0.4) is 0 Å². The number of hydrogen-bond acceptors (Lipinski definition) is 0. The highest BCUT2D eigenvalue weighted by atomic mass is 14.3. The van der Waals surface area contributed by atoms with E-state index in [9.17, 15) is 0 Å². The van der Waals surface area contributed by atoms with Crippen molar-refractivity contribution >= 4 is 16.3 Å². The second-order valence-corrected chi connectivity index (χ2v) is 8.57. The molecule has 5 aromatic carbocycles. The molecular weight excluding hydrogens is 432 g/mol. The number of benzene rings is 5. The van der Waals surface area contributed by atoms with Crippen LogP contribution in [-0.2, 0) is 0 Å². The third-order valence-electron chi connectivity index (χ3n) is 6.47. The monoisotopic (exact) mass is 452 g/mol. The maximum atomic E-state index is 5.63. The Bertz CT molecular complexity index is 1850. The molecule has 0 heteroatoms. The summed E-state index contributed by atoms with van der Waals surface area (Å²) < 4.78 is 0. The van der Waals surface area contributed by atoms with Gasteiger partial charge in [-0.2, -0.15) is 0 Å². The first-order valence-corrected chi connectivity index (χ1v) is 11.8. The minimum absolute atomic E-state index is 0.795.